The van der Waals surface area contributed by atoms with Gasteiger partial charge in [0, 0.05) is 12.7 Å². The molecule has 126 valence electrons. The Morgan fingerprint density at radius 1 is 1.48 bits per heavy atom. The predicted molar refractivity (Wildman–Crippen MR) is 87.3 cm³/mol. The van der Waals surface area contributed by atoms with Crippen LogP contribution in [0.5, 0.6) is 0 Å². The summed E-state index contributed by atoms with van der Waals surface area (Å²) < 4.78 is 0. The van der Waals surface area contributed by atoms with E-state index in [-0.39, 0.29) is 24.2 Å². The Hall–Kier alpha value is -1.99. The lowest BCUT2D eigenvalue weighted by atomic mass is 9.97. The fraction of sp³-hybridized carbons (Fsp3) is 0.562. The van der Waals surface area contributed by atoms with Crippen LogP contribution in [0.15, 0.2) is 18.2 Å². The van der Waals surface area contributed by atoms with Crippen molar-refractivity contribution in [3.05, 3.63) is 33.9 Å². The van der Waals surface area contributed by atoms with Crippen LogP contribution in [0.1, 0.15) is 25.3 Å². The molecular formula is C16H23N3O4. The van der Waals surface area contributed by atoms with Crippen LogP contribution in [0.25, 0.3) is 0 Å². The lowest BCUT2D eigenvalue weighted by molar-refractivity contribution is -0.385. The first-order chi connectivity index (χ1) is 10.9. The lowest BCUT2D eigenvalue weighted by Crippen LogP contribution is -2.46. The molecule has 0 aliphatic carbocycles. The number of aliphatic hydroxyl groups is 1. The van der Waals surface area contributed by atoms with Crippen molar-refractivity contribution in [2.45, 2.75) is 32.7 Å². The monoisotopic (exact) mass is 321 g/mol. The topological polar surface area (TPSA) is 95.7 Å². The summed E-state index contributed by atoms with van der Waals surface area (Å²) in [6, 6.07) is 4.35. The largest absolute Gasteiger partial charge is 0.396 e. The first kappa shape index (κ1) is 17.4. The number of nitrogens with zero attached hydrogens (tertiary/aromatic N) is 2. The summed E-state index contributed by atoms with van der Waals surface area (Å²) in [5.41, 5.74) is 0.928. The Balaban J connectivity index is 2.02. The second-order valence-electron chi connectivity index (χ2n) is 6.03. The third-order valence-electron chi connectivity index (χ3n) is 4.59. The van der Waals surface area contributed by atoms with Gasteiger partial charge in [0.25, 0.3) is 5.69 Å². The Kier molecular flexibility index (Phi) is 5.68. The van der Waals surface area contributed by atoms with Crippen LogP contribution >= 0.6 is 0 Å². The number of carbonyl (C=O) groups is 1. The first-order valence-electron chi connectivity index (χ1n) is 7.83. The Morgan fingerprint density at radius 3 is 2.70 bits per heavy atom. The Bertz CT molecular complexity index is 583. The van der Waals surface area contributed by atoms with E-state index in [1.807, 2.05) is 6.92 Å². The molecule has 0 radical (unpaired) electrons. The number of nitro groups is 1. The van der Waals surface area contributed by atoms with Crippen molar-refractivity contribution >= 4 is 17.3 Å². The maximum Gasteiger partial charge on any atom is 0.274 e. The summed E-state index contributed by atoms with van der Waals surface area (Å²) in [7, 11) is 0. The molecule has 1 atom stereocenters. The summed E-state index contributed by atoms with van der Waals surface area (Å²) in [6.45, 7) is 5.20. The quantitative estimate of drug-likeness (QED) is 0.638. The minimum atomic E-state index is -0.450. The molecule has 1 aromatic rings. The molecule has 0 bridgehead atoms. The van der Waals surface area contributed by atoms with Crippen LogP contribution in [0.4, 0.5) is 11.4 Å². The van der Waals surface area contributed by atoms with E-state index in [0.717, 1.165) is 25.9 Å². The van der Waals surface area contributed by atoms with E-state index in [1.165, 1.54) is 6.07 Å². The Morgan fingerprint density at radius 2 is 2.13 bits per heavy atom. The van der Waals surface area contributed by atoms with Gasteiger partial charge in [0.1, 0.15) is 0 Å². The molecule has 1 heterocycles. The number of nitro benzene ring substituents is 1. The standard InChI is InChI=1S/C16H23N3O4/c1-11-14(4-3-5-15(11)19(22)23)17-16(21)12(2)18-8-6-13(10-20)7-9-18/h3-5,12-13,20H,6-10H2,1-2H3,(H,17,21). The normalized spacial score (nSPS) is 17.7. The van der Waals surface area contributed by atoms with Crippen molar-refractivity contribution in [3.63, 3.8) is 0 Å². The van der Waals surface area contributed by atoms with E-state index in [9.17, 15) is 14.9 Å². The molecule has 23 heavy (non-hydrogen) atoms. The minimum Gasteiger partial charge on any atom is -0.396 e. The summed E-state index contributed by atoms with van der Waals surface area (Å²) in [5, 5.41) is 22.9. The molecule has 0 aromatic heterocycles. The average molecular weight is 321 g/mol. The van der Waals surface area contributed by atoms with Gasteiger partial charge < -0.3 is 10.4 Å². The first-order valence-corrected chi connectivity index (χ1v) is 7.83. The van der Waals surface area contributed by atoms with Crippen LogP contribution < -0.4 is 5.32 Å². The van der Waals surface area contributed by atoms with Crippen LogP contribution in [0.2, 0.25) is 0 Å². The number of piperidine rings is 1. The number of carbonyl (C=O) groups excluding carboxylic acids is 1. The number of rotatable bonds is 5. The zero-order chi connectivity index (χ0) is 17.0. The molecule has 1 aromatic carbocycles. The van der Waals surface area contributed by atoms with Crippen molar-refractivity contribution in [1.82, 2.24) is 4.90 Å². The molecule has 1 fully saturated rings. The molecule has 1 unspecified atom stereocenters. The molecular weight excluding hydrogens is 298 g/mol. The Labute approximate surface area is 135 Å². The zero-order valence-corrected chi connectivity index (χ0v) is 13.5. The van der Waals surface area contributed by atoms with Gasteiger partial charge in [0.2, 0.25) is 5.91 Å². The highest BCUT2D eigenvalue weighted by Crippen LogP contribution is 2.25. The van der Waals surface area contributed by atoms with Crippen molar-refractivity contribution in [2.75, 3.05) is 25.0 Å². The lowest BCUT2D eigenvalue weighted by Gasteiger charge is -2.34. The number of likely N-dealkylation sites (tertiary alicyclic amines) is 1. The van der Waals surface area contributed by atoms with Crippen LogP contribution in [0.3, 0.4) is 0 Å². The highest BCUT2D eigenvalue weighted by atomic mass is 16.6. The number of nitrogens with one attached hydrogen (secondary N) is 1. The molecule has 7 nitrogen and oxygen atoms in total. The van der Waals surface area contributed by atoms with Gasteiger partial charge in [-0.25, -0.2) is 0 Å². The third kappa shape index (κ3) is 4.05. The molecule has 0 spiro atoms. The van der Waals surface area contributed by atoms with Crippen molar-refractivity contribution in [2.24, 2.45) is 5.92 Å². The maximum absolute atomic E-state index is 12.4. The number of aliphatic hydroxyl groups excluding tert-OH is 1. The van der Waals surface area contributed by atoms with Crippen LogP contribution in [-0.2, 0) is 4.79 Å². The predicted octanol–water partition coefficient (Wildman–Crippen LogP) is 1.93. The van der Waals surface area contributed by atoms with Gasteiger partial charge in [0.05, 0.1) is 22.2 Å². The van der Waals surface area contributed by atoms with Crippen molar-refractivity contribution in [1.29, 1.82) is 0 Å². The molecule has 1 aliphatic heterocycles. The smallest absolute Gasteiger partial charge is 0.274 e. The third-order valence-corrected chi connectivity index (χ3v) is 4.59. The summed E-state index contributed by atoms with van der Waals surface area (Å²) in [6.07, 6.45) is 1.76. The van der Waals surface area contributed by atoms with Gasteiger partial charge in [0.15, 0.2) is 0 Å². The van der Waals surface area contributed by atoms with Crippen LogP contribution in [0, 0.1) is 23.0 Å². The number of anilines is 1. The number of hydrogen-bond acceptors (Lipinski definition) is 5. The van der Waals surface area contributed by atoms with Gasteiger partial charge in [-0.2, -0.15) is 0 Å². The van der Waals surface area contributed by atoms with Gasteiger partial charge in [-0.1, -0.05) is 6.07 Å². The fourth-order valence-electron chi connectivity index (χ4n) is 2.88. The van der Waals surface area contributed by atoms with E-state index in [0.29, 0.717) is 17.2 Å². The highest BCUT2D eigenvalue weighted by molar-refractivity contribution is 5.95. The number of amides is 1. The van der Waals surface area contributed by atoms with Crippen molar-refractivity contribution < 1.29 is 14.8 Å². The molecule has 1 aliphatic rings. The van der Waals surface area contributed by atoms with Gasteiger partial charge >= 0.3 is 0 Å². The van der Waals surface area contributed by atoms with Gasteiger partial charge in [-0.15, -0.1) is 0 Å². The van der Waals surface area contributed by atoms with Crippen molar-refractivity contribution in [3.8, 4) is 0 Å². The SMILES string of the molecule is Cc1c(NC(=O)C(C)N2CCC(CO)CC2)cccc1[N+](=O)[O-]. The van der Waals surface area contributed by atoms with E-state index >= 15 is 0 Å². The molecule has 7 heteroatoms. The molecule has 2 N–H and O–H groups in total. The fourth-order valence-corrected chi connectivity index (χ4v) is 2.88. The van der Waals surface area contributed by atoms with E-state index < -0.39 is 4.92 Å². The molecule has 1 saturated heterocycles. The second kappa shape index (κ2) is 7.52. The van der Waals surface area contributed by atoms with E-state index in [2.05, 4.69) is 10.2 Å². The zero-order valence-electron chi connectivity index (χ0n) is 13.5. The second-order valence-corrected chi connectivity index (χ2v) is 6.03. The summed E-state index contributed by atoms with van der Waals surface area (Å²) in [5.74, 6) is 0.150. The summed E-state index contributed by atoms with van der Waals surface area (Å²) >= 11 is 0. The van der Waals surface area contributed by atoms with Crippen LogP contribution in [-0.4, -0.2) is 46.6 Å². The number of benzene rings is 1. The average Bonchev–Trinajstić information content (AvgIpc) is 2.55. The minimum absolute atomic E-state index is 0.000729. The molecule has 2 rings (SSSR count). The van der Waals surface area contributed by atoms with Gasteiger partial charge in [-0.3, -0.25) is 19.8 Å². The maximum atomic E-state index is 12.4. The number of hydrogen-bond donors (Lipinski definition) is 2. The van der Waals surface area contributed by atoms with E-state index in [1.54, 1.807) is 19.1 Å². The highest BCUT2D eigenvalue weighted by Gasteiger charge is 2.27. The van der Waals surface area contributed by atoms with Gasteiger partial charge in [-0.05, 0) is 51.8 Å². The molecule has 0 saturated carbocycles. The van der Waals surface area contributed by atoms with E-state index in [4.69, 9.17) is 5.11 Å². The molecule has 1 amide bonds. The summed E-state index contributed by atoms with van der Waals surface area (Å²) in [4.78, 5) is 25.0.